The van der Waals surface area contributed by atoms with Crippen LogP contribution >= 0.6 is 0 Å². The van der Waals surface area contributed by atoms with Crippen molar-refractivity contribution in [2.24, 2.45) is 0 Å². The molecule has 156 valence electrons. The van der Waals surface area contributed by atoms with E-state index in [-0.39, 0.29) is 18.2 Å². The zero-order chi connectivity index (χ0) is 21.7. The molecular weight excluding hydrogens is 381 g/mol. The fourth-order valence-electron chi connectivity index (χ4n) is 3.09. The molecule has 0 aliphatic rings. The van der Waals surface area contributed by atoms with Crippen LogP contribution in [0.4, 0.5) is 4.39 Å². The largest absolute Gasteiger partial charge is 0.491 e. The highest BCUT2D eigenvalue weighted by Crippen LogP contribution is 2.23. The zero-order valence-electron chi connectivity index (χ0n) is 17.4. The van der Waals surface area contributed by atoms with Crippen molar-refractivity contribution in [3.05, 3.63) is 89.2 Å². The number of rotatable bonds is 7. The Labute approximate surface area is 176 Å². The number of carbonyl (C=O) groups excluding carboxylic acids is 1. The molecule has 5 heteroatoms. The van der Waals surface area contributed by atoms with Crippen LogP contribution in [0.1, 0.15) is 41.4 Å². The SMILES string of the molecule is Cc1ccc(-c2ccc(C(=O)NCC(O)c3cccc(OC(C)C)c3)c(F)c2)cc1. The summed E-state index contributed by atoms with van der Waals surface area (Å²) in [6.07, 6.45) is -0.914. The van der Waals surface area contributed by atoms with Crippen LogP contribution in [-0.2, 0) is 0 Å². The maximum absolute atomic E-state index is 14.5. The molecule has 0 spiro atoms. The Hall–Kier alpha value is -3.18. The third-order valence-electron chi connectivity index (χ3n) is 4.67. The fraction of sp³-hybridized carbons (Fsp3) is 0.240. The molecule has 1 unspecified atom stereocenters. The quantitative estimate of drug-likeness (QED) is 0.576. The molecule has 4 nitrogen and oxygen atoms in total. The van der Waals surface area contributed by atoms with Gasteiger partial charge in [-0.25, -0.2) is 4.39 Å². The van der Waals surface area contributed by atoms with Gasteiger partial charge in [0.2, 0.25) is 0 Å². The standard InChI is InChI=1S/C25H26FNO3/c1-16(2)30-21-6-4-5-20(13-21)24(28)15-27-25(29)22-12-11-19(14-23(22)26)18-9-7-17(3)8-10-18/h4-14,16,24,28H,15H2,1-3H3,(H,27,29). The van der Waals surface area contributed by atoms with Crippen molar-refractivity contribution in [2.45, 2.75) is 33.0 Å². The van der Waals surface area contributed by atoms with E-state index in [9.17, 15) is 14.3 Å². The third-order valence-corrected chi connectivity index (χ3v) is 4.67. The molecule has 0 radical (unpaired) electrons. The first kappa shape index (κ1) is 21.5. The lowest BCUT2D eigenvalue weighted by atomic mass is 10.0. The summed E-state index contributed by atoms with van der Waals surface area (Å²) in [5.41, 5.74) is 3.25. The monoisotopic (exact) mass is 407 g/mol. The average Bonchev–Trinajstić information content (AvgIpc) is 2.72. The number of hydrogen-bond donors (Lipinski definition) is 2. The molecule has 30 heavy (non-hydrogen) atoms. The van der Waals surface area contributed by atoms with Crippen LogP contribution in [0.3, 0.4) is 0 Å². The molecule has 3 rings (SSSR count). The van der Waals surface area contributed by atoms with Crippen molar-refractivity contribution in [1.29, 1.82) is 0 Å². The molecule has 1 atom stereocenters. The maximum atomic E-state index is 14.5. The number of carbonyl (C=O) groups is 1. The first-order chi connectivity index (χ1) is 14.3. The lowest BCUT2D eigenvalue weighted by Gasteiger charge is -2.15. The summed E-state index contributed by atoms with van der Waals surface area (Å²) in [5, 5.41) is 13.0. The van der Waals surface area contributed by atoms with Gasteiger partial charge in [-0.3, -0.25) is 4.79 Å². The minimum Gasteiger partial charge on any atom is -0.491 e. The molecule has 0 saturated heterocycles. The lowest BCUT2D eigenvalue weighted by molar-refractivity contribution is 0.0912. The molecule has 3 aromatic carbocycles. The fourth-order valence-corrected chi connectivity index (χ4v) is 3.09. The van der Waals surface area contributed by atoms with E-state index >= 15 is 0 Å². The van der Waals surface area contributed by atoms with Crippen molar-refractivity contribution < 1.29 is 19.0 Å². The summed E-state index contributed by atoms with van der Waals surface area (Å²) in [5.74, 6) is -0.533. The summed E-state index contributed by atoms with van der Waals surface area (Å²) in [6, 6.07) is 19.3. The molecular formula is C25H26FNO3. The van der Waals surface area contributed by atoms with Gasteiger partial charge in [-0.15, -0.1) is 0 Å². The van der Waals surface area contributed by atoms with E-state index in [0.717, 1.165) is 11.1 Å². The predicted molar refractivity (Wildman–Crippen MR) is 116 cm³/mol. The Morgan fingerprint density at radius 2 is 1.73 bits per heavy atom. The first-order valence-electron chi connectivity index (χ1n) is 9.93. The number of halogens is 1. The molecule has 0 bridgehead atoms. The smallest absolute Gasteiger partial charge is 0.254 e. The van der Waals surface area contributed by atoms with Crippen molar-refractivity contribution in [1.82, 2.24) is 5.32 Å². The molecule has 2 N–H and O–H groups in total. The van der Waals surface area contributed by atoms with Gasteiger partial charge in [-0.2, -0.15) is 0 Å². The maximum Gasteiger partial charge on any atom is 0.254 e. The van der Waals surface area contributed by atoms with Crippen molar-refractivity contribution >= 4 is 5.91 Å². The van der Waals surface area contributed by atoms with Crippen molar-refractivity contribution in [3.63, 3.8) is 0 Å². The summed E-state index contributed by atoms with van der Waals surface area (Å²) in [6.45, 7) is 5.78. The third kappa shape index (κ3) is 5.45. The molecule has 0 fully saturated rings. The number of aliphatic hydroxyl groups is 1. The summed E-state index contributed by atoms with van der Waals surface area (Å²) in [4.78, 5) is 12.4. The van der Waals surface area contributed by atoms with Crippen LogP contribution in [0.2, 0.25) is 0 Å². The van der Waals surface area contributed by atoms with Gasteiger partial charge in [-0.05, 0) is 61.7 Å². The van der Waals surface area contributed by atoms with Gasteiger partial charge in [0, 0.05) is 6.54 Å². The summed E-state index contributed by atoms with van der Waals surface area (Å²) in [7, 11) is 0. The van der Waals surface area contributed by atoms with E-state index in [1.54, 1.807) is 30.3 Å². The summed E-state index contributed by atoms with van der Waals surface area (Å²) >= 11 is 0. The van der Waals surface area contributed by atoms with Crippen LogP contribution in [-0.4, -0.2) is 23.7 Å². The summed E-state index contributed by atoms with van der Waals surface area (Å²) < 4.78 is 20.2. The van der Waals surface area contributed by atoms with E-state index in [1.807, 2.05) is 45.0 Å². The predicted octanol–water partition coefficient (Wildman–Crippen LogP) is 5.05. The number of aliphatic hydroxyl groups excluding tert-OH is 1. The second-order valence-electron chi connectivity index (χ2n) is 7.53. The van der Waals surface area contributed by atoms with E-state index < -0.39 is 17.8 Å². The van der Waals surface area contributed by atoms with Crippen LogP contribution in [0.5, 0.6) is 5.75 Å². The number of amides is 1. The second kappa shape index (κ2) is 9.55. The Bertz CT molecular complexity index is 1020. The number of aryl methyl sites for hydroxylation is 1. The van der Waals surface area contributed by atoms with Crippen LogP contribution in [0, 0.1) is 12.7 Å². The highest BCUT2D eigenvalue weighted by molar-refractivity contribution is 5.95. The van der Waals surface area contributed by atoms with Gasteiger partial charge in [0.1, 0.15) is 11.6 Å². The highest BCUT2D eigenvalue weighted by atomic mass is 19.1. The van der Waals surface area contributed by atoms with Gasteiger partial charge in [0.25, 0.3) is 5.91 Å². The highest BCUT2D eigenvalue weighted by Gasteiger charge is 2.15. The van der Waals surface area contributed by atoms with Crippen LogP contribution in [0.25, 0.3) is 11.1 Å². The van der Waals surface area contributed by atoms with E-state index in [1.165, 1.54) is 12.1 Å². The lowest BCUT2D eigenvalue weighted by Crippen LogP contribution is -2.29. The molecule has 0 aliphatic heterocycles. The minimum atomic E-state index is -0.931. The van der Waals surface area contributed by atoms with Crippen LogP contribution in [0.15, 0.2) is 66.7 Å². The Kier molecular flexibility index (Phi) is 6.85. The Morgan fingerprint density at radius 1 is 1.03 bits per heavy atom. The van der Waals surface area contributed by atoms with Crippen molar-refractivity contribution in [2.75, 3.05) is 6.54 Å². The molecule has 3 aromatic rings. The minimum absolute atomic E-state index is 0.0166. The number of hydrogen-bond acceptors (Lipinski definition) is 3. The molecule has 1 amide bonds. The zero-order valence-corrected chi connectivity index (χ0v) is 17.4. The normalized spacial score (nSPS) is 11.9. The van der Waals surface area contributed by atoms with Gasteiger partial charge >= 0.3 is 0 Å². The number of ether oxygens (including phenoxy) is 1. The van der Waals surface area contributed by atoms with E-state index in [2.05, 4.69) is 5.32 Å². The van der Waals surface area contributed by atoms with Gasteiger partial charge in [0.15, 0.2) is 0 Å². The van der Waals surface area contributed by atoms with Crippen molar-refractivity contribution in [3.8, 4) is 16.9 Å². The molecule has 0 aromatic heterocycles. The molecule has 0 aliphatic carbocycles. The Morgan fingerprint density at radius 3 is 2.40 bits per heavy atom. The van der Waals surface area contributed by atoms with Gasteiger partial charge in [0.05, 0.1) is 17.8 Å². The average molecular weight is 407 g/mol. The number of nitrogens with one attached hydrogen (secondary N) is 1. The topological polar surface area (TPSA) is 58.6 Å². The van der Waals surface area contributed by atoms with Crippen LogP contribution < -0.4 is 10.1 Å². The number of benzene rings is 3. The molecule has 0 heterocycles. The molecule has 0 saturated carbocycles. The Balaban J connectivity index is 1.65. The second-order valence-corrected chi connectivity index (χ2v) is 7.53. The van der Waals surface area contributed by atoms with Gasteiger partial charge in [-0.1, -0.05) is 48.0 Å². The van der Waals surface area contributed by atoms with E-state index in [4.69, 9.17) is 4.74 Å². The first-order valence-corrected chi connectivity index (χ1v) is 9.93. The van der Waals surface area contributed by atoms with Gasteiger partial charge < -0.3 is 15.2 Å². The van der Waals surface area contributed by atoms with E-state index in [0.29, 0.717) is 16.9 Å².